The Hall–Kier alpha value is -4.93. The summed E-state index contributed by atoms with van der Waals surface area (Å²) in [6.07, 6.45) is 2.55. The number of aromatic nitrogens is 3. The van der Waals surface area contributed by atoms with E-state index in [-0.39, 0.29) is 61.5 Å². The number of aryl methyl sites for hydroxylation is 1. The maximum absolute atomic E-state index is 15.6. The van der Waals surface area contributed by atoms with E-state index in [0.29, 0.717) is 45.6 Å². The van der Waals surface area contributed by atoms with Crippen molar-refractivity contribution < 1.29 is 29.0 Å². The van der Waals surface area contributed by atoms with Gasteiger partial charge in [0.25, 0.3) is 5.91 Å². The third-order valence-electron chi connectivity index (χ3n) is 12.5. The second-order valence-electron chi connectivity index (χ2n) is 16.1. The predicted molar refractivity (Wildman–Crippen MR) is 220 cm³/mol. The van der Waals surface area contributed by atoms with Crippen LogP contribution in [0.2, 0.25) is 18.6 Å². The van der Waals surface area contributed by atoms with Gasteiger partial charge >= 0.3 is 0 Å². The fourth-order valence-corrected chi connectivity index (χ4v) is 13.7. The molecule has 4 aromatic rings. The molecule has 0 saturated carbocycles. The minimum absolute atomic E-state index is 0.00500. The maximum Gasteiger partial charge on any atom is 0.264 e. The zero-order chi connectivity index (χ0) is 39.9. The second-order valence-corrected chi connectivity index (χ2v) is 20.8. The molecule has 3 saturated heterocycles. The van der Waals surface area contributed by atoms with Crippen molar-refractivity contribution in [3.8, 4) is 5.75 Å². The minimum Gasteiger partial charge on any atom is -0.497 e. The SMILES string of the molecule is COc1ccc([Si](C)(C)[C@@H]2[C@@H](CCn3cc(CCO)nn3)O[C@]3(C(=O)N(Cc4cccc(N5CCNCC5=O)c4)c4ccc(N5CCNCC5=O)cc43)[C@H]2C)cc1. The van der Waals surface area contributed by atoms with Gasteiger partial charge in [0.1, 0.15) is 5.75 Å². The van der Waals surface area contributed by atoms with E-state index in [0.717, 1.165) is 39.6 Å². The Bertz CT molecular complexity index is 2140. The molecule has 4 aliphatic rings. The lowest BCUT2D eigenvalue weighted by Crippen LogP contribution is -2.52. The van der Waals surface area contributed by atoms with Crippen LogP contribution in [0.5, 0.6) is 5.75 Å². The fourth-order valence-electron chi connectivity index (χ4n) is 9.60. The van der Waals surface area contributed by atoms with E-state index in [1.165, 1.54) is 5.19 Å². The molecule has 1 aromatic heterocycles. The number of hydrogen-bond donors (Lipinski definition) is 3. The Kier molecular flexibility index (Phi) is 10.8. The summed E-state index contributed by atoms with van der Waals surface area (Å²) < 4.78 is 14.7. The molecule has 57 heavy (non-hydrogen) atoms. The number of fused-ring (bicyclic) bond motifs is 2. The number of hydrogen-bond acceptors (Lipinski definition) is 10. The number of nitrogens with one attached hydrogen (secondary N) is 2. The van der Waals surface area contributed by atoms with Crippen molar-refractivity contribution in [3.05, 3.63) is 89.7 Å². The van der Waals surface area contributed by atoms with Gasteiger partial charge in [0.15, 0.2) is 5.60 Å². The average Bonchev–Trinajstić information content (AvgIpc) is 3.87. The number of piperazine rings is 2. The monoisotopic (exact) mass is 792 g/mol. The van der Waals surface area contributed by atoms with Gasteiger partial charge in [0.05, 0.1) is 52.3 Å². The largest absolute Gasteiger partial charge is 0.497 e. The molecule has 15 heteroatoms. The Balaban J connectivity index is 1.21. The van der Waals surface area contributed by atoms with Crippen molar-refractivity contribution >= 4 is 48.0 Å². The van der Waals surface area contributed by atoms with Gasteiger partial charge in [0, 0.05) is 74.8 Å². The van der Waals surface area contributed by atoms with Crippen molar-refractivity contribution in [1.82, 2.24) is 25.6 Å². The highest BCUT2D eigenvalue weighted by Gasteiger charge is 2.66. The summed E-state index contributed by atoms with van der Waals surface area (Å²) in [5.41, 5.74) is 3.37. The number of carbonyl (C=O) groups excluding carboxylic acids is 3. The summed E-state index contributed by atoms with van der Waals surface area (Å²) >= 11 is 0. The van der Waals surface area contributed by atoms with Gasteiger partial charge in [-0.2, -0.15) is 0 Å². The molecule has 3 N–H and O–H groups in total. The molecule has 3 fully saturated rings. The van der Waals surface area contributed by atoms with Crippen LogP contribution in [0.15, 0.2) is 72.9 Å². The maximum atomic E-state index is 15.6. The summed E-state index contributed by atoms with van der Waals surface area (Å²) in [5.74, 6) is 0.401. The highest BCUT2D eigenvalue weighted by atomic mass is 28.3. The summed E-state index contributed by atoms with van der Waals surface area (Å²) in [4.78, 5) is 47.1. The molecule has 3 aromatic carbocycles. The number of methoxy groups -OCH3 is 1. The highest BCUT2D eigenvalue weighted by Crippen LogP contribution is 2.60. The van der Waals surface area contributed by atoms with Gasteiger partial charge in [-0.05, 0) is 60.0 Å². The zero-order valence-electron chi connectivity index (χ0n) is 33.1. The predicted octanol–water partition coefficient (Wildman–Crippen LogP) is 2.55. The van der Waals surface area contributed by atoms with Crippen molar-refractivity contribution in [2.75, 3.05) is 67.7 Å². The number of benzene rings is 3. The van der Waals surface area contributed by atoms with Crippen LogP contribution >= 0.6 is 0 Å². The highest BCUT2D eigenvalue weighted by molar-refractivity contribution is 6.91. The van der Waals surface area contributed by atoms with Gasteiger partial charge < -0.3 is 39.9 Å². The first kappa shape index (κ1) is 38.9. The lowest BCUT2D eigenvalue weighted by atomic mass is 9.82. The first-order valence-electron chi connectivity index (χ1n) is 19.9. The van der Waals surface area contributed by atoms with E-state index in [1.54, 1.807) is 21.6 Å². The standard InChI is InChI=1S/C42H52N8O6Si/c1-28-40(57(3,4)34-11-9-33(55-2)10-12-34)37(14-18-47-27-30(15-21-51)45-46-47)56-42(28)35-23-32(49-20-17-44-25-39(49)53)8-13-36(35)50(41(42)54)26-29-6-5-7-31(22-29)48-19-16-43-24-38(48)52/h5-13,22-23,27-28,37,40,43-44,51H,14-21,24-26H2,1-4H3/t28-,37+,40-,42+/m0/s1. The number of aliphatic hydroxyl groups is 1. The van der Waals surface area contributed by atoms with E-state index < -0.39 is 13.7 Å². The van der Waals surface area contributed by atoms with E-state index in [1.807, 2.05) is 65.7 Å². The van der Waals surface area contributed by atoms with Gasteiger partial charge in [-0.3, -0.25) is 19.1 Å². The van der Waals surface area contributed by atoms with Crippen LogP contribution in [0.25, 0.3) is 0 Å². The average molecular weight is 793 g/mol. The molecule has 5 heterocycles. The van der Waals surface area contributed by atoms with Gasteiger partial charge in [-0.25, -0.2) is 0 Å². The van der Waals surface area contributed by atoms with Crippen LogP contribution in [0.3, 0.4) is 0 Å². The number of nitrogens with zero attached hydrogens (tertiary/aromatic N) is 6. The molecule has 0 aliphatic carbocycles. The number of amides is 3. The summed E-state index contributed by atoms with van der Waals surface area (Å²) in [7, 11) is -0.764. The van der Waals surface area contributed by atoms with E-state index >= 15 is 4.79 Å². The Morgan fingerprint density at radius 2 is 1.65 bits per heavy atom. The quantitative estimate of drug-likeness (QED) is 0.183. The number of aliphatic hydroxyl groups excluding tert-OH is 1. The van der Waals surface area contributed by atoms with Gasteiger partial charge in [-0.15, -0.1) is 5.10 Å². The number of rotatable bonds is 12. The minimum atomic E-state index is -2.43. The van der Waals surface area contributed by atoms with Crippen molar-refractivity contribution in [2.24, 2.45) is 5.92 Å². The molecule has 300 valence electrons. The molecule has 3 amide bonds. The molecule has 4 atom stereocenters. The first-order chi connectivity index (χ1) is 27.5. The van der Waals surface area contributed by atoms with Crippen LogP contribution in [0, 0.1) is 5.92 Å². The van der Waals surface area contributed by atoms with Crippen LogP contribution in [-0.4, -0.2) is 105 Å². The molecular weight excluding hydrogens is 741 g/mol. The van der Waals surface area contributed by atoms with Crippen LogP contribution in [0.4, 0.5) is 17.1 Å². The van der Waals surface area contributed by atoms with Crippen LogP contribution < -0.4 is 35.3 Å². The Labute approximate surface area is 334 Å². The fraction of sp³-hybridized carbons (Fsp3) is 0.452. The Morgan fingerprint density at radius 3 is 2.32 bits per heavy atom. The molecule has 0 unspecified atom stereocenters. The van der Waals surface area contributed by atoms with Gasteiger partial charge in [0.2, 0.25) is 11.8 Å². The number of anilines is 3. The summed E-state index contributed by atoms with van der Waals surface area (Å²) in [6.45, 7) is 10.7. The molecule has 14 nitrogen and oxygen atoms in total. The molecule has 0 bridgehead atoms. The van der Waals surface area contributed by atoms with E-state index in [4.69, 9.17) is 9.47 Å². The van der Waals surface area contributed by atoms with Gasteiger partial charge in [-0.1, -0.05) is 54.7 Å². The van der Waals surface area contributed by atoms with Crippen molar-refractivity contribution in [2.45, 2.75) is 63.2 Å². The van der Waals surface area contributed by atoms with Crippen LogP contribution in [-0.2, 0) is 44.2 Å². The molecule has 0 radical (unpaired) electrons. The molecule has 1 spiro atoms. The van der Waals surface area contributed by atoms with E-state index in [9.17, 15) is 14.7 Å². The second kappa shape index (κ2) is 15.8. The molecule has 4 aliphatic heterocycles. The summed E-state index contributed by atoms with van der Waals surface area (Å²) in [6, 6.07) is 22.1. The first-order valence-corrected chi connectivity index (χ1v) is 23.0. The van der Waals surface area contributed by atoms with Crippen molar-refractivity contribution in [3.63, 3.8) is 0 Å². The third-order valence-corrected chi connectivity index (χ3v) is 16.8. The number of ether oxygens (including phenoxy) is 2. The summed E-state index contributed by atoms with van der Waals surface area (Å²) in [5, 5.41) is 25.6. The van der Waals surface area contributed by atoms with E-state index in [2.05, 4.69) is 53.1 Å². The lowest BCUT2D eigenvalue weighted by molar-refractivity contribution is -0.146. The van der Waals surface area contributed by atoms with Crippen molar-refractivity contribution in [1.29, 1.82) is 0 Å². The Morgan fingerprint density at radius 1 is 0.947 bits per heavy atom. The zero-order valence-corrected chi connectivity index (χ0v) is 34.1. The molecule has 8 rings (SSSR count). The number of carbonyl (C=O) groups is 3. The normalized spacial score (nSPS) is 23.8. The topological polar surface area (TPSA) is 154 Å². The van der Waals surface area contributed by atoms with Crippen LogP contribution in [0.1, 0.15) is 30.2 Å². The lowest BCUT2D eigenvalue weighted by Gasteiger charge is -2.37. The smallest absolute Gasteiger partial charge is 0.264 e. The third kappa shape index (κ3) is 7.05. The molecular formula is C42H52N8O6Si.